The molecule has 0 bridgehead atoms. The van der Waals surface area contributed by atoms with Crippen LogP contribution in [0.2, 0.25) is 0 Å². The molecule has 0 radical (unpaired) electrons. The Morgan fingerprint density at radius 3 is 2.81 bits per heavy atom. The van der Waals surface area contributed by atoms with Crippen molar-refractivity contribution < 1.29 is 9.53 Å². The van der Waals surface area contributed by atoms with Crippen LogP contribution >= 0.6 is 22.6 Å². The molecule has 0 spiro atoms. The summed E-state index contributed by atoms with van der Waals surface area (Å²) >= 11 is 2.16. The van der Waals surface area contributed by atoms with Gasteiger partial charge in [0.1, 0.15) is 5.75 Å². The summed E-state index contributed by atoms with van der Waals surface area (Å²) in [6.45, 7) is 2.83. The molecule has 0 aliphatic carbocycles. The van der Waals surface area contributed by atoms with Crippen molar-refractivity contribution in [1.29, 1.82) is 0 Å². The second kappa shape index (κ2) is 6.73. The first-order chi connectivity index (χ1) is 7.69. The number of ether oxygens (including phenoxy) is 1. The molecule has 1 rings (SSSR count). The van der Waals surface area contributed by atoms with Crippen molar-refractivity contribution in [3.63, 3.8) is 0 Å². The first-order valence-electron chi connectivity index (χ1n) is 5.30. The third kappa shape index (κ3) is 3.66. The predicted octanol–water partition coefficient (Wildman–Crippen LogP) is 2.83. The fraction of sp³-hybridized carbons (Fsp3) is 0.417. The smallest absolute Gasteiger partial charge is 0.251 e. The third-order valence-corrected chi connectivity index (χ3v) is 3.07. The summed E-state index contributed by atoms with van der Waals surface area (Å²) in [4.78, 5) is 11.7. The Bertz CT molecular complexity index is 366. The van der Waals surface area contributed by atoms with E-state index in [4.69, 9.17) is 4.74 Å². The largest absolute Gasteiger partial charge is 0.496 e. The van der Waals surface area contributed by atoms with Gasteiger partial charge in [-0.3, -0.25) is 4.79 Å². The van der Waals surface area contributed by atoms with Crippen LogP contribution in [0, 0.1) is 3.57 Å². The molecule has 1 aromatic rings. The molecule has 1 N–H and O–H groups in total. The summed E-state index contributed by atoms with van der Waals surface area (Å²) in [5.74, 6) is 0.778. The molecule has 1 amide bonds. The van der Waals surface area contributed by atoms with E-state index in [1.54, 1.807) is 13.2 Å². The minimum Gasteiger partial charge on any atom is -0.496 e. The number of rotatable bonds is 5. The Morgan fingerprint density at radius 1 is 1.50 bits per heavy atom. The lowest BCUT2D eigenvalue weighted by Crippen LogP contribution is -2.24. The lowest BCUT2D eigenvalue weighted by atomic mass is 10.2. The highest BCUT2D eigenvalue weighted by Crippen LogP contribution is 2.21. The van der Waals surface area contributed by atoms with Crippen molar-refractivity contribution in [1.82, 2.24) is 5.32 Å². The molecule has 0 heterocycles. The van der Waals surface area contributed by atoms with E-state index in [-0.39, 0.29) is 5.91 Å². The number of halogens is 1. The second-order valence-corrected chi connectivity index (χ2v) is 4.62. The quantitative estimate of drug-likeness (QED) is 0.665. The molecule has 0 fully saturated rings. The van der Waals surface area contributed by atoms with Gasteiger partial charge in [0.2, 0.25) is 0 Å². The Labute approximate surface area is 110 Å². The van der Waals surface area contributed by atoms with Crippen LogP contribution in [0.25, 0.3) is 0 Å². The van der Waals surface area contributed by atoms with Gasteiger partial charge in [0.15, 0.2) is 0 Å². The summed E-state index contributed by atoms with van der Waals surface area (Å²) in [5.41, 5.74) is 0.682. The zero-order chi connectivity index (χ0) is 12.0. The van der Waals surface area contributed by atoms with Gasteiger partial charge in [-0.15, -0.1) is 0 Å². The number of unbranched alkanes of at least 4 members (excludes halogenated alkanes) is 1. The summed E-state index contributed by atoms with van der Waals surface area (Å²) in [5, 5.41) is 2.88. The third-order valence-electron chi connectivity index (χ3n) is 2.23. The molecule has 16 heavy (non-hydrogen) atoms. The number of benzene rings is 1. The van der Waals surface area contributed by atoms with Gasteiger partial charge in [-0.1, -0.05) is 13.3 Å². The van der Waals surface area contributed by atoms with Crippen LogP contribution in [0.15, 0.2) is 18.2 Å². The standard InChI is InChI=1S/C12H16INO2/c1-3-4-7-14-12(15)9-5-6-11(16-2)10(13)8-9/h5-6,8H,3-4,7H2,1-2H3,(H,14,15). The average Bonchev–Trinajstić information content (AvgIpc) is 2.29. The predicted molar refractivity (Wildman–Crippen MR) is 73.0 cm³/mol. The Hall–Kier alpha value is -0.780. The fourth-order valence-electron chi connectivity index (χ4n) is 1.29. The lowest BCUT2D eigenvalue weighted by molar-refractivity contribution is 0.0953. The molecule has 1 aromatic carbocycles. The van der Waals surface area contributed by atoms with Crippen LogP contribution in [-0.2, 0) is 0 Å². The van der Waals surface area contributed by atoms with Crippen LogP contribution in [0.4, 0.5) is 0 Å². The molecule has 0 aliphatic rings. The molecule has 0 saturated heterocycles. The van der Waals surface area contributed by atoms with Crippen LogP contribution in [-0.4, -0.2) is 19.6 Å². The molecular formula is C12H16INO2. The minimum atomic E-state index is -0.0194. The Balaban J connectivity index is 2.66. The van der Waals surface area contributed by atoms with Crippen molar-refractivity contribution in [2.24, 2.45) is 0 Å². The number of hydrogen-bond acceptors (Lipinski definition) is 2. The molecule has 4 heteroatoms. The Kier molecular flexibility index (Phi) is 5.59. The van der Waals surface area contributed by atoms with Gasteiger partial charge >= 0.3 is 0 Å². The number of methoxy groups -OCH3 is 1. The number of carbonyl (C=O) groups excluding carboxylic acids is 1. The van der Waals surface area contributed by atoms with E-state index >= 15 is 0 Å². The number of amides is 1. The molecule has 0 aliphatic heterocycles. The van der Waals surface area contributed by atoms with Crippen molar-refractivity contribution in [2.75, 3.05) is 13.7 Å². The second-order valence-electron chi connectivity index (χ2n) is 3.46. The zero-order valence-corrected chi connectivity index (χ0v) is 11.7. The van der Waals surface area contributed by atoms with Gasteiger partial charge in [0.25, 0.3) is 5.91 Å². The maximum absolute atomic E-state index is 11.7. The SMILES string of the molecule is CCCCNC(=O)c1ccc(OC)c(I)c1. The van der Waals surface area contributed by atoms with E-state index in [0.717, 1.165) is 28.7 Å². The normalized spacial score (nSPS) is 9.94. The Morgan fingerprint density at radius 2 is 2.25 bits per heavy atom. The van der Waals surface area contributed by atoms with E-state index in [1.807, 2.05) is 12.1 Å². The molecule has 0 unspecified atom stereocenters. The number of nitrogens with one attached hydrogen (secondary N) is 1. The van der Waals surface area contributed by atoms with Crippen LogP contribution in [0.1, 0.15) is 30.1 Å². The highest BCUT2D eigenvalue weighted by Gasteiger charge is 2.07. The summed E-state index contributed by atoms with van der Waals surface area (Å²) < 4.78 is 6.09. The maximum Gasteiger partial charge on any atom is 0.251 e. The fourth-order valence-corrected chi connectivity index (χ4v) is 2.02. The highest BCUT2D eigenvalue weighted by molar-refractivity contribution is 14.1. The average molecular weight is 333 g/mol. The van der Waals surface area contributed by atoms with Crippen LogP contribution < -0.4 is 10.1 Å². The van der Waals surface area contributed by atoms with E-state index in [9.17, 15) is 4.79 Å². The maximum atomic E-state index is 11.7. The lowest BCUT2D eigenvalue weighted by Gasteiger charge is -2.07. The first-order valence-corrected chi connectivity index (χ1v) is 6.38. The summed E-state index contributed by atoms with van der Waals surface area (Å²) in [6, 6.07) is 5.43. The van der Waals surface area contributed by atoms with Crippen molar-refractivity contribution >= 4 is 28.5 Å². The van der Waals surface area contributed by atoms with E-state index < -0.39 is 0 Å². The molecule has 3 nitrogen and oxygen atoms in total. The molecule has 88 valence electrons. The van der Waals surface area contributed by atoms with E-state index in [2.05, 4.69) is 34.8 Å². The van der Waals surface area contributed by atoms with Gasteiger partial charge < -0.3 is 10.1 Å². The van der Waals surface area contributed by atoms with Gasteiger partial charge in [-0.05, 0) is 47.2 Å². The van der Waals surface area contributed by atoms with Crippen molar-refractivity contribution in [3.8, 4) is 5.75 Å². The number of hydrogen-bond donors (Lipinski definition) is 1. The van der Waals surface area contributed by atoms with E-state index in [0.29, 0.717) is 5.56 Å². The van der Waals surface area contributed by atoms with Crippen molar-refractivity contribution in [2.45, 2.75) is 19.8 Å². The van der Waals surface area contributed by atoms with Gasteiger partial charge in [0, 0.05) is 12.1 Å². The van der Waals surface area contributed by atoms with Crippen LogP contribution in [0.3, 0.4) is 0 Å². The highest BCUT2D eigenvalue weighted by atomic mass is 127. The molecule has 0 saturated carbocycles. The summed E-state index contributed by atoms with van der Waals surface area (Å²) in [6.07, 6.45) is 2.10. The summed E-state index contributed by atoms with van der Waals surface area (Å²) in [7, 11) is 1.62. The van der Waals surface area contributed by atoms with Gasteiger partial charge in [-0.2, -0.15) is 0 Å². The molecule has 0 aromatic heterocycles. The molecule has 0 atom stereocenters. The zero-order valence-electron chi connectivity index (χ0n) is 9.55. The number of carbonyl (C=O) groups is 1. The van der Waals surface area contributed by atoms with Gasteiger partial charge in [0.05, 0.1) is 10.7 Å². The monoisotopic (exact) mass is 333 g/mol. The topological polar surface area (TPSA) is 38.3 Å². The van der Waals surface area contributed by atoms with Crippen LogP contribution in [0.5, 0.6) is 5.75 Å². The van der Waals surface area contributed by atoms with Gasteiger partial charge in [-0.25, -0.2) is 0 Å². The van der Waals surface area contributed by atoms with E-state index in [1.165, 1.54) is 0 Å². The molecular weight excluding hydrogens is 317 g/mol. The van der Waals surface area contributed by atoms with Crippen molar-refractivity contribution in [3.05, 3.63) is 27.3 Å². The first kappa shape index (κ1) is 13.3. The minimum absolute atomic E-state index is 0.0194.